The minimum Gasteiger partial charge on any atom is -0.506 e. The van der Waals surface area contributed by atoms with E-state index >= 15 is 0 Å². The Hall–Kier alpha value is -1.14. The van der Waals surface area contributed by atoms with Crippen molar-refractivity contribution in [2.75, 3.05) is 0 Å². The molecule has 0 bridgehead atoms. The van der Waals surface area contributed by atoms with E-state index in [2.05, 4.69) is 15.9 Å². The van der Waals surface area contributed by atoms with Gasteiger partial charge >= 0.3 is 0 Å². The summed E-state index contributed by atoms with van der Waals surface area (Å²) in [6.07, 6.45) is 0.598. The molecule has 1 aromatic carbocycles. The lowest BCUT2D eigenvalue weighted by molar-refractivity contribution is -0.385. The Kier molecular flexibility index (Phi) is 3.65. The van der Waals surface area contributed by atoms with Gasteiger partial charge in [0.2, 0.25) is 0 Å². The second-order valence-corrected chi connectivity index (χ2v) is 3.99. The molecule has 0 aliphatic rings. The Morgan fingerprint density at radius 3 is 2.73 bits per heavy atom. The third-order valence-corrected chi connectivity index (χ3v) is 2.73. The van der Waals surface area contributed by atoms with Crippen molar-refractivity contribution in [3.63, 3.8) is 0 Å². The topological polar surface area (TPSA) is 89.4 Å². The van der Waals surface area contributed by atoms with Gasteiger partial charge in [-0.15, -0.1) is 0 Å². The van der Waals surface area contributed by atoms with E-state index in [1.165, 1.54) is 12.1 Å². The van der Waals surface area contributed by atoms with Gasteiger partial charge in [-0.05, 0) is 22.4 Å². The Balaban J connectivity index is 3.31. The summed E-state index contributed by atoms with van der Waals surface area (Å²) in [7, 11) is 0. The molecule has 15 heavy (non-hydrogen) atoms. The number of halogens is 1. The quantitative estimate of drug-likeness (QED) is 0.655. The van der Waals surface area contributed by atoms with Crippen molar-refractivity contribution in [2.24, 2.45) is 5.73 Å². The van der Waals surface area contributed by atoms with Gasteiger partial charge in [0.1, 0.15) is 5.75 Å². The van der Waals surface area contributed by atoms with Gasteiger partial charge < -0.3 is 10.8 Å². The first-order valence-corrected chi connectivity index (χ1v) is 5.19. The molecule has 1 rings (SSSR count). The molecule has 1 aromatic rings. The molecule has 0 saturated carbocycles. The monoisotopic (exact) mass is 274 g/mol. The molecule has 0 spiro atoms. The normalized spacial score (nSPS) is 12.5. The summed E-state index contributed by atoms with van der Waals surface area (Å²) >= 11 is 3.05. The maximum absolute atomic E-state index is 10.6. The van der Waals surface area contributed by atoms with Crippen molar-refractivity contribution in [2.45, 2.75) is 19.4 Å². The van der Waals surface area contributed by atoms with Gasteiger partial charge in [-0.1, -0.05) is 6.92 Å². The smallest absolute Gasteiger partial charge is 0.271 e. The molecular weight excluding hydrogens is 264 g/mol. The Bertz CT molecular complexity index is 395. The van der Waals surface area contributed by atoms with Crippen LogP contribution in [0, 0.1) is 10.1 Å². The first-order chi connectivity index (χ1) is 6.97. The summed E-state index contributed by atoms with van der Waals surface area (Å²) in [4.78, 5) is 10.1. The highest BCUT2D eigenvalue weighted by atomic mass is 79.9. The molecule has 0 aliphatic carbocycles. The van der Waals surface area contributed by atoms with E-state index in [1.807, 2.05) is 6.92 Å². The highest BCUT2D eigenvalue weighted by Gasteiger charge is 2.18. The zero-order chi connectivity index (χ0) is 11.6. The number of rotatable bonds is 3. The SMILES string of the molecule is CC[C@H](N)c1cc([N+](=O)[O-])cc(Br)c1O. The first-order valence-electron chi connectivity index (χ1n) is 4.39. The van der Waals surface area contributed by atoms with Crippen LogP contribution in [0.2, 0.25) is 0 Å². The second kappa shape index (κ2) is 4.59. The lowest BCUT2D eigenvalue weighted by atomic mass is 10.0. The third-order valence-electron chi connectivity index (χ3n) is 2.13. The fraction of sp³-hybridized carbons (Fsp3) is 0.333. The van der Waals surface area contributed by atoms with Crippen LogP contribution in [0.5, 0.6) is 5.75 Å². The second-order valence-electron chi connectivity index (χ2n) is 3.14. The lowest BCUT2D eigenvalue weighted by Crippen LogP contribution is -2.09. The van der Waals surface area contributed by atoms with E-state index < -0.39 is 11.0 Å². The summed E-state index contributed by atoms with van der Waals surface area (Å²) in [6.45, 7) is 1.84. The largest absolute Gasteiger partial charge is 0.506 e. The molecule has 1 atom stereocenters. The number of nitro groups is 1. The number of nitro benzene ring substituents is 1. The minimum absolute atomic E-state index is 0.0325. The predicted molar refractivity (Wildman–Crippen MR) is 59.7 cm³/mol. The van der Waals surface area contributed by atoms with Crippen LogP contribution < -0.4 is 5.73 Å². The highest BCUT2D eigenvalue weighted by molar-refractivity contribution is 9.10. The Labute approximate surface area is 95.2 Å². The molecule has 0 aliphatic heterocycles. The van der Waals surface area contributed by atoms with Crippen molar-refractivity contribution < 1.29 is 10.0 Å². The fourth-order valence-corrected chi connectivity index (χ4v) is 1.68. The minimum atomic E-state index is -0.518. The van der Waals surface area contributed by atoms with Crippen LogP contribution in [0.15, 0.2) is 16.6 Å². The number of phenolic OH excluding ortho intramolecular Hbond substituents is 1. The molecule has 82 valence electrons. The van der Waals surface area contributed by atoms with E-state index in [1.54, 1.807) is 0 Å². The van der Waals surface area contributed by atoms with Gasteiger partial charge in [0.25, 0.3) is 5.69 Å². The van der Waals surface area contributed by atoms with Crippen molar-refractivity contribution in [1.82, 2.24) is 0 Å². The maximum Gasteiger partial charge on any atom is 0.271 e. The molecule has 5 nitrogen and oxygen atoms in total. The van der Waals surface area contributed by atoms with Gasteiger partial charge in [-0.2, -0.15) is 0 Å². The van der Waals surface area contributed by atoms with Crippen molar-refractivity contribution in [3.8, 4) is 5.75 Å². The maximum atomic E-state index is 10.6. The zero-order valence-electron chi connectivity index (χ0n) is 8.11. The van der Waals surface area contributed by atoms with Crippen LogP contribution in [-0.2, 0) is 0 Å². The van der Waals surface area contributed by atoms with Crippen LogP contribution >= 0.6 is 15.9 Å². The van der Waals surface area contributed by atoms with E-state index in [0.717, 1.165) is 0 Å². The van der Waals surface area contributed by atoms with E-state index in [-0.39, 0.29) is 15.9 Å². The molecule has 0 heterocycles. The summed E-state index contributed by atoms with van der Waals surface area (Å²) in [5.74, 6) is -0.0325. The van der Waals surface area contributed by atoms with E-state index in [9.17, 15) is 15.2 Å². The number of non-ortho nitro benzene ring substituents is 1. The standard InChI is InChI=1S/C9H11BrN2O3/c1-2-8(11)6-3-5(12(14)15)4-7(10)9(6)13/h3-4,8,13H,2,11H2,1H3/t8-/m0/s1. The van der Waals surface area contributed by atoms with Crippen molar-refractivity contribution in [3.05, 3.63) is 32.3 Å². The van der Waals surface area contributed by atoms with Crippen LogP contribution in [0.1, 0.15) is 24.9 Å². The summed E-state index contributed by atoms with van der Waals surface area (Å²) in [5, 5.41) is 20.2. The highest BCUT2D eigenvalue weighted by Crippen LogP contribution is 2.35. The van der Waals surface area contributed by atoms with Crippen molar-refractivity contribution >= 4 is 21.6 Å². The number of benzene rings is 1. The van der Waals surface area contributed by atoms with E-state index in [4.69, 9.17) is 5.73 Å². The number of aromatic hydroxyl groups is 1. The molecule has 0 amide bonds. The number of nitrogens with two attached hydrogens (primary N) is 1. The van der Waals surface area contributed by atoms with Crippen molar-refractivity contribution in [1.29, 1.82) is 0 Å². The Morgan fingerprint density at radius 2 is 2.27 bits per heavy atom. The predicted octanol–water partition coefficient (Wildman–Crippen LogP) is 2.47. The van der Waals surface area contributed by atoms with Crippen LogP contribution in [0.25, 0.3) is 0 Å². The number of hydrogen-bond acceptors (Lipinski definition) is 4. The number of phenols is 1. The van der Waals surface area contributed by atoms with Gasteiger partial charge in [-0.3, -0.25) is 10.1 Å². The number of hydrogen-bond donors (Lipinski definition) is 2. The third kappa shape index (κ3) is 2.45. The van der Waals surface area contributed by atoms with Gasteiger partial charge in [0, 0.05) is 23.7 Å². The van der Waals surface area contributed by atoms with Crippen LogP contribution in [-0.4, -0.2) is 10.0 Å². The van der Waals surface area contributed by atoms with Crippen LogP contribution in [0.4, 0.5) is 5.69 Å². The van der Waals surface area contributed by atoms with Gasteiger partial charge in [0.15, 0.2) is 0 Å². The lowest BCUT2D eigenvalue weighted by Gasteiger charge is -2.12. The van der Waals surface area contributed by atoms with E-state index in [0.29, 0.717) is 12.0 Å². The molecule has 0 radical (unpaired) electrons. The molecule has 6 heteroatoms. The van der Waals surface area contributed by atoms with Gasteiger partial charge in [0.05, 0.1) is 9.40 Å². The van der Waals surface area contributed by atoms with Gasteiger partial charge in [-0.25, -0.2) is 0 Å². The first kappa shape index (κ1) is 11.9. The summed E-state index contributed by atoms with van der Waals surface area (Å²) < 4.78 is 0.288. The molecule has 3 N–H and O–H groups in total. The summed E-state index contributed by atoms with van der Waals surface area (Å²) in [6, 6.07) is 2.15. The summed E-state index contributed by atoms with van der Waals surface area (Å²) in [5.41, 5.74) is 6.03. The zero-order valence-corrected chi connectivity index (χ0v) is 9.69. The number of nitrogens with zero attached hydrogens (tertiary/aromatic N) is 1. The molecule has 0 unspecified atom stereocenters. The molecule has 0 aromatic heterocycles. The average Bonchev–Trinajstić information content (AvgIpc) is 2.20. The fourth-order valence-electron chi connectivity index (χ4n) is 1.21. The molecule has 0 fully saturated rings. The Morgan fingerprint density at radius 1 is 1.67 bits per heavy atom. The molecule has 0 saturated heterocycles. The van der Waals surface area contributed by atoms with Crippen LogP contribution in [0.3, 0.4) is 0 Å². The average molecular weight is 275 g/mol. The molecular formula is C9H11BrN2O3.